The molecule has 1 aromatic rings. The van der Waals surface area contributed by atoms with E-state index in [9.17, 15) is 14.4 Å². The third kappa shape index (κ3) is 9.20. The topological polar surface area (TPSA) is 78.9 Å². The molecule has 0 aliphatic rings. The van der Waals surface area contributed by atoms with E-state index in [2.05, 4.69) is 0 Å². The lowest BCUT2D eigenvalue weighted by atomic mass is 10.0. The predicted molar refractivity (Wildman–Crippen MR) is 96.6 cm³/mol. The van der Waals surface area contributed by atoms with E-state index in [0.29, 0.717) is 37.9 Å². The molecule has 0 saturated heterocycles. The average Bonchev–Trinajstić information content (AvgIpc) is 2.60. The number of ether oxygens (including phenoxy) is 3. The fraction of sp³-hybridized carbons (Fsp3) is 0.550. The summed E-state index contributed by atoms with van der Waals surface area (Å²) in [5.41, 5.74) is 0.497. The van der Waals surface area contributed by atoms with Gasteiger partial charge in [-0.15, -0.1) is 0 Å². The SMILES string of the molecule is CC[C@@H](C[C@H](CCCCOC(C)=O)OC(C)=O)OC(=O)c1ccccc1. The van der Waals surface area contributed by atoms with Gasteiger partial charge in [-0.1, -0.05) is 25.1 Å². The Labute approximate surface area is 154 Å². The molecule has 0 aromatic heterocycles. The first-order valence-corrected chi connectivity index (χ1v) is 8.99. The van der Waals surface area contributed by atoms with Crippen molar-refractivity contribution in [2.45, 2.75) is 65.1 Å². The molecule has 1 rings (SSSR count). The van der Waals surface area contributed by atoms with Crippen molar-refractivity contribution >= 4 is 17.9 Å². The van der Waals surface area contributed by atoms with Gasteiger partial charge in [-0.2, -0.15) is 0 Å². The molecule has 0 spiro atoms. The van der Waals surface area contributed by atoms with Crippen molar-refractivity contribution < 1.29 is 28.6 Å². The van der Waals surface area contributed by atoms with E-state index in [1.54, 1.807) is 24.3 Å². The summed E-state index contributed by atoms with van der Waals surface area (Å²) in [4.78, 5) is 34.3. The number of carbonyl (C=O) groups is 3. The van der Waals surface area contributed by atoms with Crippen molar-refractivity contribution in [3.63, 3.8) is 0 Å². The van der Waals surface area contributed by atoms with Crippen molar-refractivity contribution in [1.29, 1.82) is 0 Å². The van der Waals surface area contributed by atoms with Crippen LogP contribution in [-0.2, 0) is 23.8 Å². The first-order valence-electron chi connectivity index (χ1n) is 8.99. The highest BCUT2D eigenvalue weighted by Gasteiger charge is 2.21. The van der Waals surface area contributed by atoms with Gasteiger partial charge in [0, 0.05) is 20.3 Å². The number of esters is 3. The van der Waals surface area contributed by atoms with Crippen molar-refractivity contribution in [2.24, 2.45) is 0 Å². The van der Waals surface area contributed by atoms with Crippen molar-refractivity contribution in [3.8, 4) is 0 Å². The summed E-state index contributed by atoms with van der Waals surface area (Å²) in [6.07, 6.45) is 2.47. The molecule has 26 heavy (non-hydrogen) atoms. The highest BCUT2D eigenvalue weighted by atomic mass is 16.6. The number of carbonyl (C=O) groups excluding carboxylic acids is 3. The Hall–Kier alpha value is -2.37. The lowest BCUT2D eigenvalue weighted by molar-refractivity contribution is -0.148. The largest absolute Gasteiger partial charge is 0.466 e. The summed E-state index contributed by atoms with van der Waals surface area (Å²) in [6, 6.07) is 8.80. The van der Waals surface area contributed by atoms with Crippen LogP contribution in [0.2, 0.25) is 0 Å². The van der Waals surface area contributed by atoms with Gasteiger partial charge < -0.3 is 14.2 Å². The highest BCUT2D eigenvalue weighted by Crippen LogP contribution is 2.17. The molecule has 6 heteroatoms. The van der Waals surface area contributed by atoms with Crippen LogP contribution in [0.4, 0.5) is 0 Å². The fourth-order valence-corrected chi connectivity index (χ4v) is 2.53. The quantitative estimate of drug-likeness (QED) is 0.339. The molecule has 0 bridgehead atoms. The summed E-state index contributed by atoms with van der Waals surface area (Å²) in [5.74, 6) is -1.05. The minimum atomic E-state index is -0.381. The van der Waals surface area contributed by atoms with Crippen molar-refractivity contribution in [2.75, 3.05) is 6.61 Å². The lowest BCUT2D eigenvalue weighted by Crippen LogP contribution is -2.26. The number of hydrogen-bond donors (Lipinski definition) is 0. The van der Waals surface area contributed by atoms with Crippen LogP contribution >= 0.6 is 0 Å². The molecule has 144 valence electrons. The van der Waals surface area contributed by atoms with Crippen LogP contribution in [0.15, 0.2) is 30.3 Å². The van der Waals surface area contributed by atoms with Gasteiger partial charge in [0.2, 0.25) is 0 Å². The number of unbranched alkanes of at least 4 members (excludes halogenated alkanes) is 1. The van der Waals surface area contributed by atoms with Crippen molar-refractivity contribution in [1.82, 2.24) is 0 Å². The maximum atomic E-state index is 12.2. The van der Waals surface area contributed by atoms with Gasteiger partial charge in [-0.25, -0.2) is 4.79 Å². The Morgan fingerprint density at radius 1 is 0.923 bits per heavy atom. The van der Waals surface area contributed by atoms with E-state index in [0.717, 1.165) is 6.42 Å². The smallest absolute Gasteiger partial charge is 0.338 e. The molecule has 0 amide bonds. The second-order valence-corrected chi connectivity index (χ2v) is 6.10. The molecule has 2 atom stereocenters. The first kappa shape index (κ1) is 21.7. The molecular weight excluding hydrogens is 336 g/mol. The molecule has 0 radical (unpaired) electrons. The van der Waals surface area contributed by atoms with Crippen LogP contribution in [-0.4, -0.2) is 36.7 Å². The standard InChI is InChI=1S/C20H28O6/c1-4-18(26-20(23)17-10-6-5-7-11-17)14-19(25-16(3)22)12-8-9-13-24-15(2)21/h5-7,10-11,18-19H,4,8-9,12-14H2,1-3H3/t18-,19-/m0/s1. The number of rotatable bonds is 11. The van der Waals surface area contributed by atoms with Crippen LogP contribution < -0.4 is 0 Å². The first-order chi connectivity index (χ1) is 12.4. The fourth-order valence-electron chi connectivity index (χ4n) is 2.53. The predicted octanol–water partition coefficient (Wildman–Crippen LogP) is 3.68. The summed E-state index contributed by atoms with van der Waals surface area (Å²) >= 11 is 0. The third-order valence-electron chi connectivity index (χ3n) is 3.82. The molecule has 0 N–H and O–H groups in total. The van der Waals surface area contributed by atoms with E-state index >= 15 is 0 Å². The van der Waals surface area contributed by atoms with Crippen LogP contribution in [0.1, 0.15) is 63.2 Å². The summed E-state index contributed by atoms with van der Waals surface area (Å²) in [6.45, 7) is 5.01. The zero-order valence-corrected chi connectivity index (χ0v) is 15.7. The monoisotopic (exact) mass is 364 g/mol. The number of benzene rings is 1. The molecule has 6 nitrogen and oxygen atoms in total. The molecule has 0 aliphatic heterocycles. The average molecular weight is 364 g/mol. The van der Waals surface area contributed by atoms with Crippen LogP contribution in [0.3, 0.4) is 0 Å². The molecule has 1 aromatic carbocycles. The minimum Gasteiger partial charge on any atom is -0.466 e. The Bertz CT molecular complexity index is 569. The van der Waals surface area contributed by atoms with E-state index in [4.69, 9.17) is 14.2 Å². The van der Waals surface area contributed by atoms with E-state index in [-0.39, 0.29) is 30.1 Å². The van der Waals surface area contributed by atoms with Crippen molar-refractivity contribution in [3.05, 3.63) is 35.9 Å². The molecular formula is C20H28O6. The minimum absolute atomic E-state index is 0.305. The third-order valence-corrected chi connectivity index (χ3v) is 3.82. The Morgan fingerprint density at radius 3 is 2.19 bits per heavy atom. The summed E-state index contributed by atoms with van der Waals surface area (Å²) < 4.78 is 15.8. The molecule has 0 saturated carbocycles. The Kier molecular flexibility index (Phi) is 10.1. The second-order valence-electron chi connectivity index (χ2n) is 6.10. The van der Waals surface area contributed by atoms with E-state index < -0.39 is 0 Å². The zero-order chi connectivity index (χ0) is 19.4. The second kappa shape index (κ2) is 12.1. The molecule has 0 fully saturated rings. The van der Waals surface area contributed by atoms with Gasteiger partial charge in [-0.05, 0) is 37.8 Å². The van der Waals surface area contributed by atoms with Crippen LogP contribution in [0.5, 0.6) is 0 Å². The molecule has 0 unspecified atom stereocenters. The maximum Gasteiger partial charge on any atom is 0.338 e. The van der Waals surface area contributed by atoms with Crippen LogP contribution in [0, 0.1) is 0 Å². The van der Waals surface area contributed by atoms with Gasteiger partial charge in [-0.3, -0.25) is 9.59 Å². The highest BCUT2D eigenvalue weighted by molar-refractivity contribution is 5.89. The molecule has 0 heterocycles. The van der Waals surface area contributed by atoms with Gasteiger partial charge in [0.15, 0.2) is 0 Å². The van der Waals surface area contributed by atoms with E-state index in [1.165, 1.54) is 13.8 Å². The summed E-state index contributed by atoms with van der Waals surface area (Å²) in [7, 11) is 0. The summed E-state index contributed by atoms with van der Waals surface area (Å²) in [5, 5.41) is 0. The Balaban J connectivity index is 2.52. The normalized spacial score (nSPS) is 12.7. The van der Waals surface area contributed by atoms with Gasteiger partial charge in [0.1, 0.15) is 12.2 Å². The van der Waals surface area contributed by atoms with Gasteiger partial charge >= 0.3 is 17.9 Å². The zero-order valence-electron chi connectivity index (χ0n) is 15.7. The Morgan fingerprint density at radius 2 is 1.62 bits per heavy atom. The molecule has 0 aliphatic carbocycles. The number of hydrogen-bond acceptors (Lipinski definition) is 6. The van der Waals surface area contributed by atoms with Gasteiger partial charge in [0.05, 0.1) is 12.2 Å². The lowest BCUT2D eigenvalue weighted by Gasteiger charge is -2.23. The van der Waals surface area contributed by atoms with E-state index in [1.807, 2.05) is 13.0 Å². The maximum absolute atomic E-state index is 12.2. The van der Waals surface area contributed by atoms with Crippen LogP contribution in [0.25, 0.3) is 0 Å². The van der Waals surface area contributed by atoms with Gasteiger partial charge in [0.25, 0.3) is 0 Å².